The number of aryl methyl sites for hydroxylation is 1. The number of rotatable bonds is 7. The third-order valence-corrected chi connectivity index (χ3v) is 5.20. The second-order valence-corrected chi connectivity index (χ2v) is 7.15. The van der Waals surface area contributed by atoms with Gasteiger partial charge in [-0.1, -0.05) is 20.3 Å². The van der Waals surface area contributed by atoms with E-state index in [1.54, 1.807) is 19.3 Å². The number of nitrogens with one attached hydrogen (secondary N) is 1. The van der Waals surface area contributed by atoms with Crippen molar-refractivity contribution >= 4 is 10.0 Å². The number of nitrogens with zero attached hydrogens (tertiary/aromatic N) is 2. The van der Waals surface area contributed by atoms with Gasteiger partial charge < -0.3 is 9.88 Å². The van der Waals surface area contributed by atoms with Gasteiger partial charge >= 0.3 is 0 Å². The van der Waals surface area contributed by atoms with Gasteiger partial charge in [-0.15, -0.1) is 0 Å². The summed E-state index contributed by atoms with van der Waals surface area (Å²) in [6.07, 6.45) is 2.65. The molecule has 0 bridgehead atoms. The van der Waals surface area contributed by atoms with Gasteiger partial charge in [-0.2, -0.15) is 0 Å². The Hall–Kier alpha value is -0.850. The van der Waals surface area contributed by atoms with Crippen LogP contribution in [0.2, 0.25) is 0 Å². The molecule has 0 amide bonds. The van der Waals surface area contributed by atoms with Crippen LogP contribution < -0.4 is 5.32 Å². The van der Waals surface area contributed by atoms with Crippen LogP contribution in [0.5, 0.6) is 0 Å². The summed E-state index contributed by atoms with van der Waals surface area (Å²) in [5, 5.41) is 3.03. The molecule has 1 aromatic heterocycles. The van der Waals surface area contributed by atoms with Crippen LogP contribution in [0.1, 0.15) is 26.0 Å². The topological polar surface area (TPSA) is 54.3 Å². The molecule has 1 unspecified atom stereocenters. The summed E-state index contributed by atoms with van der Waals surface area (Å²) in [7, 11) is 1.97. The molecule has 0 radical (unpaired) electrons. The van der Waals surface area contributed by atoms with E-state index in [1.807, 2.05) is 18.7 Å². The largest absolute Gasteiger partial charge is 0.352 e. The maximum atomic E-state index is 12.4. The number of hydrogen-bond donors (Lipinski definition) is 1. The molecule has 1 aromatic rings. The van der Waals surface area contributed by atoms with Gasteiger partial charge in [-0.25, -0.2) is 12.7 Å². The summed E-state index contributed by atoms with van der Waals surface area (Å²) < 4.78 is 28.2. The van der Waals surface area contributed by atoms with Gasteiger partial charge in [-0.3, -0.25) is 0 Å². The van der Waals surface area contributed by atoms with E-state index < -0.39 is 10.0 Å². The molecule has 0 aromatic carbocycles. The fourth-order valence-electron chi connectivity index (χ4n) is 1.92. The van der Waals surface area contributed by atoms with Crippen LogP contribution in [0.3, 0.4) is 0 Å². The Labute approximate surface area is 116 Å². The Kier molecular flexibility index (Phi) is 5.58. The van der Waals surface area contributed by atoms with Gasteiger partial charge in [-0.05, 0) is 19.0 Å². The van der Waals surface area contributed by atoms with Gasteiger partial charge in [0.1, 0.15) is 4.90 Å². The Morgan fingerprint density at radius 2 is 2.11 bits per heavy atom. The molecule has 0 aliphatic heterocycles. The minimum absolute atomic E-state index is 0.361. The lowest BCUT2D eigenvalue weighted by Gasteiger charge is -2.19. The van der Waals surface area contributed by atoms with Crippen molar-refractivity contribution in [2.45, 2.75) is 31.7 Å². The molecule has 0 aliphatic carbocycles. The van der Waals surface area contributed by atoms with Crippen molar-refractivity contribution in [1.29, 1.82) is 0 Å². The van der Waals surface area contributed by atoms with E-state index in [1.165, 1.54) is 4.31 Å². The first-order valence-corrected chi connectivity index (χ1v) is 8.03. The standard InChI is InChI=1S/C13H25N3O2S/c1-6-11(2)9-16(5)19(17,18)13-7-12(8-14-3)15(4)10-13/h7,10-11,14H,6,8-9H2,1-5H3. The highest BCUT2D eigenvalue weighted by Gasteiger charge is 2.23. The van der Waals surface area contributed by atoms with Gasteiger partial charge in [0.05, 0.1) is 0 Å². The smallest absolute Gasteiger partial charge is 0.244 e. The van der Waals surface area contributed by atoms with Crippen molar-refractivity contribution in [1.82, 2.24) is 14.2 Å². The van der Waals surface area contributed by atoms with Gasteiger partial charge in [0, 0.05) is 39.1 Å². The second-order valence-electron chi connectivity index (χ2n) is 5.11. The monoisotopic (exact) mass is 287 g/mol. The van der Waals surface area contributed by atoms with E-state index >= 15 is 0 Å². The number of sulfonamides is 1. The normalized spacial score (nSPS) is 14.0. The zero-order chi connectivity index (χ0) is 14.6. The first kappa shape index (κ1) is 16.2. The van der Waals surface area contributed by atoms with E-state index in [0.29, 0.717) is 23.9 Å². The summed E-state index contributed by atoms with van der Waals surface area (Å²) in [6.45, 7) is 5.33. The fraction of sp³-hybridized carbons (Fsp3) is 0.692. The summed E-state index contributed by atoms with van der Waals surface area (Å²) in [6, 6.07) is 1.74. The Morgan fingerprint density at radius 3 is 2.63 bits per heavy atom. The molecule has 0 saturated heterocycles. The minimum atomic E-state index is -3.38. The molecule has 110 valence electrons. The van der Waals surface area contributed by atoms with Crippen LogP contribution in [-0.2, 0) is 23.6 Å². The number of aromatic nitrogens is 1. The van der Waals surface area contributed by atoms with Crippen molar-refractivity contribution in [3.05, 3.63) is 18.0 Å². The molecule has 0 aliphatic rings. The van der Waals surface area contributed by atoms with Crippen molar-refractivity contribution in [2.24, 2.45) is 13.0 Å². The first-order valence-electron chi connectivity index (χ1n) is 6.59. The van der Waals surface area contributed by atoms with E-state index in [-0.39, 0.29) is 0 Å². The molecule has 0 saturated carbocycles. The molecule has 1 atom stereocenters. The van der Waals surface area contributed by atoms with Gasteiger partial charge in [0.25, 0.3) is 0 Å². The quantitative estimate of drug-likeness (QED) is 0.825. The molecule has 19 heavy (non-hydrogen) atoms. The van der Waals surface area contributed by atoms with Crippen molar-refractivity contribution in [3.8, 4) is 0 Å². The molecule has 6 heteroatoms. The second kappa shape index (κ2) is 6.54. The summed E-state index contributed by atoms with van der Waals surface area (Å²) >= 11 is 0. The van der Waals surface area contributed by atoms with Crippen LogP contribution in [0.25, 0.3) is 0 Å². The SMILES string of the molecule is CCC(C)CN(C)S(=O)(=O)c1cc(CNC)n(C)c1. The molecule has 0 spiro atoms. The zero-order valence-electron chi connectivity index (χ0n) is 12.5. The molecular weight excluding hydrogens is 262 g/mol. The van der Waals surface area contributed by atoms with Crippen LogP contribution in [0, 0.1) is 5.92 Å². The molecule has 1 N–H and O–H groups in total. The van der Waals surface area contributed by atoms with Gasteiger partial charge in [0.2, 0.25) is 10.0 Å². The van der Waals surface area contributed by atoms with E-state index in [9.17, 15) is 8.42 Å². The number of hydrogen-bond acceptors (Lipinski definition) is 3. The predicted molar refractivity (Wildman–Crippen MR) is 77.4 cm³/mol. The van der Waals surface area contributed by atoms with Crippen molar-refractivity contribution in [3.63, 3.8) is 0 Å². The van der Waals surface area contributed by atoms with Crippen LogP contribution in [0.15, 0.2) is 17.2 Å². The molecular formula is C13H25N3O2S. The lowest BCUT2D eigenvalue weighted by Crippen LogP contribution is -2.30. The van der Waals surface area contributed by atoms with Gasteiger partial charge in [0.15, 0.2) is 0 Å². The minimum Gasteiger partial charge on any atom is -0.352 e. The average molecular weight is 287 g/mol. The summed E-state index contributed by atoms with van der Waals surface area (Å²) in [5.74, 6) is 0.361. The van der Waals surface area contributed by atoms with Crippen LogP contribution in [0.4, 0.5) is 0 Å². The molecule has 1 heterocycles. The van der Waals surface area contributed by atoms with Crippen LogP contribution in [-0.4, -0.2) is 37.9 Å². The lowest BCUT2D eigenvalue weighted by atomic mass is 10.1. The Balaban J connectivity index is 2.96. The molecule has 1 rings (SSSR count). The summed E-state index contributed by atoms with van der Waals surface area (Å²) in [4.78, 5) is 0.367. The summed E-state index contributed by atoms with van der Waals surface area (Å²) in [5.41, 5.74) is 0.956. The van der Waals surface area contributed by atoms with Crippen molar-refractivity contribution < 1.29 is 8.42 Å². The highest BCUT2D eigenvalue weighted by Crippen LogP contribution is 2.19. The third kappa shape index (κ3) is 3.81. The van der Waals surface area contributed by atoms with E-state index in [4.69, 9.17) is 0 Å². The van der Waals surface area contributed by atoms with Crippen molar-refractivity contribution in [2.75, 3.05) is 20.6 Å². The van der Waals surface area contributed by atoms with E-state index in [0.717, 1.165) is 12.1 Å². The zero-order valence-corrected chi connectivity index (χ0v) is 13.3. The maximum Gasteiger partial charge on any atom is 0.244 e. The first-order chi connectivity index (χ1) is 8.82. The van der Waals surface area contributed by atoms with Crippen LogP contribution >= 0.6 is 0 Å². The van der Waals surface area contributed by atoms with E-state index in [2.05, 4.69) is 19.2 Å². The fourth-order valence-corrected chi connectivity index (χ4v) is 3.31. The molecule has 5 nitrogen and oxygen atoms in total. The predicted octanol–water partition coefficient (Wildman–Crippen LogP) is 1.41. The molecule has 0 fully saturated rings. The highest BCUT2D eigenvalue weighted by atomic mass is 32.2. The average Bonchev–Trinajstić information content (AvgIpc) is 2.72. The maximum absolute atomic E-state index is 12.4. The third-order valence-electron chi connectivity index (χ3n) is 3.41. The lowest BCUT2D eigenvalue weighted by molar-refractivity contribution is 0.393. The highest BCUT2D eigenvalue weighted by molar-refractivity contribution is 7.89. The Morgan fingerprint density at radius 1 is 1.47 bits per heavy atom. The Bertz CT molecular complexity index is 508.